The standard InChI is InChI=1S/C16H29BrN4/c1-5-18-15(13-8-6-7-12(13)2)16-14(17)11-19-21(16)10-9-20(3)4/h11-13,15,18H,5-10H2,1-4H3. The zero-order valence-corrected chi connectivity index (χ0v) is 15.4. The Labute approximate surface area is 137 Å². The number of halogens is 1. The average molecular weight is 357 g/mol. The molecule has 1 N–H and O–H groups in total. The first-order chi connectivity index (χ1) is 10.0. The van der Waals surface area contributed by atoms with Crippen molar-refractivity contribution in [3.05, 3.63) is 16.4 Å². The first-order valence-corrected chi connectivity index (χ1v) is 8.93. The van der Waals surface area contributed by atoms with Gasteiger partial charge < -0.3 is 10.2 Å². The van der Waals surface area contributed by atoms with Crippen molar-refractivity contribution in [2.75, 3.05) is 27.2 Å². The van der Waals surface area contributed by atoms with Gasteiger partial charge in [0.25, 0.3) is 0 Å². The third kappa shape index (κ3) is 4.08. The van der Waals surface area contributed by atoms with Crippen LogP contribution in [0.3, 0.4) is 0 Å². The Morgan fingerprint density at radius 3 is 2.81 bits per heavy atom. The van der Waals surface area contributed by atoms with Crippen LogP contribution in [-0.2, 0) is 6.54 Å². The quantitative estimate of drug-likeness (QED) is 0.813. The summed E-state index contributed by atoms with van der Waals surface area (Å²) < 4.78 is 3.33. The lowest BCUT2D eigenvalue weighted by Gasteiger charge is -2.29. The lowest BCUT2D eigenvalue weighted by Crippen LogP contribution is -2.33. The van der Waals surface area contributed by atoms with Crippen LogP contribution in [0.2, 0.25) is 0 Å². The Balaban J connectivity index is 2.24. The zero-order valence-electron chi connectivity index (χ0n) is 13.8. The number of hydrogen-bond donors (Lipinski definition) is 1. The van der Waals surface area contributed by atoms with E-state index in [0.29, 0.717) is 6.04 Å². The van der Waals surface area contributed by atoms with Crippen LogP contribution in [0.5, 0.6) is 0 Å². The summed E-state index contributed by atoms with van der Waals surface area (Å²) in [4.78, 5) is 2.21. The van der Waals surface area contributed by atoms with Crippen LogP contribution >= 0.6 is 15.9 Å². The first-order valence-electron chi connectivity index (χ1n) is 8.13. The summed E-state index contributed by atoms with van der Waals surface area (Å²) in [5.41, 5.74) is 1.33. The highest BCUT2D eigenvalue weighted by molar-refractivity contribution is 9.10. The van der Waals surface area contributed by atoms with Crippen molar-refractivity contribution in [3.63, 3.8) is 0 Å². The van der Waals surface area contributed by atoms with Crippen molar-refractivity contribution in [1.82, 2.24) is 20.0 Å². The Bertz CT molecular complexity index is 443. The van der Waals surface area contributed by atoms with Crippen LogP contribution in [0, 0.1) is 11.8 Å². The number of rotatable bonds is 7. The molecular formula is C16H29BrN4. The normalized spacial score (nSPS) is 23.9. The van der Waals surface area contributed by atoms with Gasteiger partial charge in [0.1, 0.15) is 0 Å². The van der Waals surface area contributed by atoms with Gasteiger partial charge in [-0.3, -0.25) is 4.68 Å². The van der Waals surface area contributed by atoms with Gasteiger partial charge in [-0.1, -0.05) is 26.7 Å². The van der Waals surface area contributed by atoms with Crippen molar-refractivity contribution < 1.29 is 0 Å². The second-order valence-corrected chi connectivity index (χ2v) is 7.37. The third-order valence-corrected chi connectivity index (χ3v) is 5.28. The predicted molar refractivity (Wildman–Crippen MR) is 91.4 cm³/mol. The minimum atomic E-state index is 0.409. The molecule has 21 heavy (non-hydrogen) atoms. The summed E-state index contributed by atoms with van der Waals surface area (Å²) in [5.74, 6) is 1.51. The van der Waals surface area contributed by atoms with Gasteiger partial charge in [-0.2, -0.15) is 5.10 Å². The van der Waals surface area contributed by atoms with E-state index in [9.17, 15) is 0 Å². The molecule has 3 unspecified atom stereocenters. The minimum Gasteiger partial charge on any atom is -0.309 e. The third-order valence-electron chi connectivity index (χ3n) is 4.67. The number of nitrogens with one attached hydrogen (secondary N) is 1. The van der Waals surface area contributed by atoms with E-state index in [4.69, 9.17) is 0 Å². The summed E-state index contributed by atoms with van der Waals surface area (Å²) in [6.07, 6.45) is 5.99. The van der Waals surface area contributed by atoms with E-state index in [1.54, 1.807) is 0 Å². The van der Waals surface area contributed by atoms with Gasteiger partial charge >= 0.3 is 0 Å². The highest BCUT2D eigenvalue weighted by Gasteiger charge is 2.34. The molecule has 0 spiro atoms. The zero-order chi connectivity index (χ0) is 15.4. The van der Waals surface area contributed by atoms with E-state index in [1.807, 2.05) is 6.20 Å². The van der Waals surface area contributed by atoms with E-state index in [0.717, 1.165) is 35.9 Å². The molecule has 1 aliphatic rings. The van der Waals surface area contributed by atoms with Crippen molar-refractivity contribution >= 4 is 15.9 Å². The van der Waals surface area contributed by atoms with Crippen molar-refractivity contribution in [2.45, 2.75) is 45.7 Å². The fraction of sp³-hybridized carbons (Fsp3) is 0.812. The molecule has 3 atom stereocenters. The second kappa shape index (κ2) is 7.75. The predicted octanol–water partition coefficient (Wildman–Crippen LogP) is 3.29. The SMILES string of the molecule is CCNC(c1c(Br)cnn1CCN(C)C)C1CCCC1C. The molecule has 1 heterocycles. The maximum Gasteiger partial charge on any atom is 0.0699 e. The number of hydrogen-bond acceptors (Lipinski definition) is 3. The van der Waals surface area contributed by atoms with Crippen LogP contribution in [0.15, 0.2) is 10.7 Å². The van der Waals surface area contributed by atoms with Crippen molar-refractivity contribution in [2.24, 2.45) is 11.8 Å². The Hall–Kier alpha value is -0.390. The molecule has 0 aliphatic heterocycles. The van der Waals surface area contributed by atoms with Gasteiger partial charge in [0.15, 0.2) is 0 Å². The van der Waals surface area contributed by atoms with E-state index in [2.05, 4.69) is 63.9 Å². The molecule has 120 valence electrons. The molecule has 0 amide bonds. The Morgan fingerprint density at radius 2 is 2.24 bits per heavy atom. The Kier molecular flexibility index (Phi) is 6.26. The molecule has 0 radical (unpaired) electrons. The monoisotopic (exact) mass is 356 g/mol. The number of nitrogens with zero attached hydrogens (tertiary/aromatic N) is 3. The number of aromatic nitrogens is 2. The van der Waals surface area contributed by atoms with Gasteiger partial charge in [-0.15, -0.1) is 0 Å². The molecule has 1 aliphatic carbocycles. The molecule has 1 fully saturated rings. The van der Waals surface area contributed by atoms with Gasteiger partial charge in [0.2, 0.25) is 0 Å². The molecule has 0 aromatic carbocycles. The molecule has 0 saturated heterocycles. The largest absolute Gasteiger partial charge is 0.309 e. The fourth-order valence-corrected chi connectivity index (χ4v) is 4.04. The Morgan fingerprint density at radius 1 is 1.48 bits per heavy atom. The van der Waals surface area contributed by atoms with Gasteiger partial charge in [-0.25, -0.2) is 0 Å². The summed E-state index contributed by atoms with van der Waals surface area (Å²) >= 11 is 3.72. The molecule has 1 saturated carbocycles. The summed E-state index contributed by atoms with van der Waals surface area (Å²) in [6, 6.07) is 0.409. The average Bonchev–Trinajstić information content (AvgIpc) is 3.00. The van der Waals surface area contributed by atoms with Crippen LogP contribution in [0.25, 0.3) is 0 Å². The number of likely N-dealkylation sites (N-methyl/N-ethyl adjacent to an activating group) is 1. The second-order valence-electron chi connectivity index (χ2n) is 6.51. The summed E-state index contributed by atoms with van der Waals surface area (Å²) in [7, 11) is 4.22. The maximum atomic E-state index is 4.59. The van der Waals surface area contributed by atoms with Crippen LogP contribution < -0.4 is 5.32 Å². The van der Waals surface area contributed by atoms with Crippen molar-refractivity contribution in [3.8, 4) is 0 Å². The lowest BCUT2D eigenvalue weighted by atomic mass is 9.88. The molecular weight excluding hydrogens is 328 g/mol. The summed E-state index contributed by atoms with van der Waals surface area (Å²) in [6.45, 7) is 7.55. The minimum absolute atomic E-state index is 0.409. The highest BCUT2D eigenvalue weighted by atomic mass is 79.9. The van der Waals surface area contributed by atoms with Gasteiger partial charge in [0.05, 0.1) is 29.0 Å². The van der Waals surface area contributed by atoms with Crippen LogP contribution in [0.4, 0.5) is 0 Å². The van der Waals surface area contributed by atoms with E-state index in [1.165, 1.54) is 25.0 Å². The molecule has 4 nitrogen and oxygen atoms in total. The molecule has 5 heteroatoms. The molecule has 0 bridgehead atoms. The van der Waals surface area contributed by atoms with E-state index in [-0.39, 0.29) is 0 Å². The van der Waals surface area contributed by atoms with Crippen LogP contribution in [-0.4, -0.2) is 41.9 Å². The van der Waals surface area contributed by atoms with Crippen molar-refractivity contribution in [1.29, 1.82) is 0 Å². The smallest absolute Gasteiger partial charge is 0.0699 e. The molecule has 1 aromatic heterocycles. The molecule has 2 rings (SSSR count). The lowest BCUT2D eigenvalue weighted by molar-refractivity contribution is 0.284. The highest BCUT2D eigenvalue weighted by Crippen LogP contribution is 2.41. The van der Waals surface area contributed by atoms with Crippen LogP contribution in [0.1, 0.15) is 44.8 Å². The fourth-order valence-electron chi connectivity index (χ4n) is 3.49. The maximum absolute atomic E-state index is 4.59. The first kappa shape index (κ1) is 17.0. The van der Waals surface area contributed by atoms with E-state index >= 15 is 0 Å². The molecule has 1 aromatic rings. The van der Waals surface area contributed by atoms with E-state index < -0.39 is 0 Å². The topological polar surface area (TPSA) is 33.1 Å². The summed E-state index contributed by atoms with van der Waals surface area (Å²) in [5, 5.41) is 8.31. The van der Waals surface area contributed by atoms with Gasteiger partial charge in [-0.05, 0) is 54.8 Å². The van der Waals surface area contributed by atoms with Gasteiger partial charge in [0, 0.05) is 6.54 Å².